The molecule has 1 saturated carbocycles. The monoisotopic (exact) mass is 357 g/mol. The van der Waals surface area contributed by atoms with Gasteiger partial charge in [0.05, 0.1) is 6.42 Å². The third kappa shape index (κ3) is 4.11. The van der Waals surface area contributed by atoms with E-state index < -0.39 is 11.9 Å². The lowest BCUT2D eigenvalue weighted by Crippen LogP contribution is -2.52. The Morgan fingerprint density at radius 1 is 1.35 bits per heavy atom. The van der Waals surface area contributed by atoms with Crippen LogP contribution < -0.4 is 4.90 Å². The van der Waals surface area contributed by atoms with Crippen molar-refractivity contribution in [1.29, 1.82) is 5.26 Å². The SMILES string of the molecule is N#C/C(=C/C1CC1)C(=O)N1CCN(c2ccc(CCC(=O)O)o2)C(=O)C1. The molecule has 2 heterocycles. The van der Waals surface area contributed by atoms with Crippen LogP contribution in [0, 0.1) is 17.2 Å². The molecule has 1 N–H and O–H groups in total. The molecule has 2 amide bonds. The number of amides is 2. The number of aryl methyl sites for hydroxylation is 1. The van der Waals surface area contributed by atoms with Crippen molar-refractivity contribution < 1.29 is 23.9 Å². The van der Waals surface area contributed by atoms with Crippen molar-refractivity contribution in [3.05, 3.63) is 29.5 Å². The number of anilines is 1. The lowest BCUT2D eigenvalue weighted by Gasteiger charge is -2.32. The number of carbonyl (C=O) groups excluding carboxylic acids is 2. The van der Waals surface area contributed by atoms with E-state index in [4.69, 9.17) is 9.52 Å². The second-order valence-electron chi connectivity index (χ2n) is 6.44. The first kappa shape index (κ1) is 17.7. The predicted molar refractivity (Wildman–Crippen MR) is 90.0 cm³/mol. The Labute approximate surface area is 150 Å². The molecule has 1 aromatic heterocycles. The van der Waals surface area contributed by atoms with Gasteiger partial charge in [-0.1, -0.05) is 6.08 Å². The van der Waals surface area contributed by atoms with Gasteiger partial charge in [0.15, 0.2) is 0 Å². The molecule has 8 heteroatoms. The highest BCUT2D eigenvalue weighted by molar-refractivity contribution is 6.02. The summed E-state index contributed by atoms with van der Waals surface area (Å²) in [6.07, 6.45) is 3.88. The molecule has 26 heavy (non-hydrogen) atoms. The second kappa shape index (κ2) is 7.44. The zero-order valence-corrected chi connectivity index (χ0v) is 14.2. The van der Waals surface area contributed by atoms with Gasteiger partial charge in [-0.2, -0.15) is 5.26 Å². The summed E-state index contributed by atoms with van der Waals surface area (Å²) in [4.78, 5) is 38.3. The topological polar surface area (TPSA) is 115 Å². The van der Waals surface area contributed by atoms with E-state index >= 15 is 0 Å². The van der Waals surface area contributed by atoms with Gasteiger partial charge in [0.25, 0.3) is 5.91 Å². The zero-order chi connectivity index (χ0) is 18.7. The quantitative estimate of drug-likeness (QED) is 0.607. The smallest absolute Gasteiger partial charge is 0.303 e. The summed E-state index contributed by atoms with van der Waals surface area (Å²) in [5.74, 6) is -0.484. The summed E-state index contributed by atoms with van der Waals surface area (Å²) in [5.41, 5.74) is 0.0997. The maximum absolute atomic E-state index is 12.4. The van der Waals surface area contributed by atoms with E-state index in [1.807, 2.05) is 6.07 Å². The van der Waals surface area contributed by atoms with E-state index in [0.29, 0.717) is 24.1 Å². The Kier molecular flexibility index (Phi) is 5.07. The molecule has 1 aliphatic heterocycles. The van der Waals surface area contributed by atoms with Crippen LogP contribution in [0.5, 0.6) is 0 Å². The van der Waals surface area contributed by atoms with Crippen molar-refractivity contribution in [3.8, 4) is 6.07 Å². The third-order valence-electron chi connectivity index (χ3n) is 4.38. The van der Waals surface area contributed by atoms with Crippen LogP contribution in [0.2, 0.25) is 0 Å². The minimum absolute atomic E-state index is 0.0482. The number of hydrogen-bond acceptors (Lipinski definition) is 5. The van der Waals surface area contributed by atoms with Crippen molar-refractivity contribution in [2.45, 2.75) is 25.7 Å². The predicted octanol–water partition coefficient (Wildman–Crippen LogP) is 1.33. The molecule has 0 radical (unpaired) electrons. The zero-order valence-electron chi connectivity index (χ0n) is 14.2. The minimum Gasteiger partial charge on any atom is -0.481 e. The molecule has 1 aliphatic carbocycles. The third-order valence-corrected chi connectivity index (χ3v) is 4.38. The van der Waals surface area contributed by atoms with Crippen LogP contribution in [0.3, 0.4) is 0 Å². The molecule has 136 valence electrons. The van der Waals surface area contributed by atoms with E-state index in [-0.39, 0.29) is 37.4 Å². The Balaban J connectivity index is 1.61. The first-order valence-corrected chi connectivity index (χ1v) is 8.50. The fourth-order valence-electron chi connectivity index (χ4n) is 2.78. The Morgan fingerprint density at radius 3 is 2.73 bits per heavy atom. The van der Waals surface area contributed by atoms with Gasteiger partial charge in [0, 0.05) is 25.6 Å². The average molecular weight is 357 g/mol. The van der Waals surface area contributed by atoms with Gasteiger partial charge >= 0.3 is 5.97 Å². The van der Waals surface area contributed by atoms with Gasteiger partial charge < -0.3 is 14.4 Å². The molecule has 0 aromatic carbocycles. The van der Waals surface area contributed by atoms with Crippen LogP contribution in [0.25, 0.3) is 0 Å². The summed E-state index contributed by atoms with van der Waals surface area (Å²) in [6, 6.07) is 5.21. The van der Waals surface area contributed by atoms with Crippen LogP contribution in [-0.4, -0.2) is 47.4 Å². The molecule has 2 fully saturated rings. The maximum atomic E-state index is 12.4. The van der Waals surface area contributed by atoms with Crippen molar-refractivity contribution in [3.63, 3.8) is 0 Å². The number of carbonyl (C=O) groups is 3. The molecule has 1 saturated heterocycles. The Bertz CT molecular complexity index is 800. The number of hydrogen-bond donors (Lipinski definition) is 1. The van der Waals surface area contributed by atoms with Gasteiger partial charge in [0.2, 0.25) is 11.8 Å². The Hall–Kier alpha value is -3.08. The number of piperazine rings is 1. The molecular formula is C18H19N3O5. The lowest BCUT2D eigenvalue weighted by atomic mass is 10.1. The van der Waals surface area contributed by atoms with E-state index in [2.05, 4.69) is 0 Å². The largest absolute Gasteiger partial charge is 0.481 e. The molecule has 3 rings (SSSR count). The van der Waals surface area contributed by atoms with Crippen molar-refractivity contribution in [2.75, 3.05) is 24.5 Å². The van der Waals surface area contributed by atoms with Crippen molar-refractivity contribution in [2.24, 2.45) is 5.92 Å². The van der Waals surface area contributed by atoms with Crippen LogP contribution in [-0.2, 0) is 20.8 Å². The lowest BCUT2D eigenvalue weighted by molar-refractivity contribution is -0.137. The number of carboxylic acid groups (broad SMARTS) is 1. The Morgan fingerprint density at radius 2 is 2.12 bits per heavy atom. The number of rotatable bonds is 6. The summed E-state index contributed by atoms with van der Waals surface area (Å²) in [6.45, 7) is 0.450. The van der Waals surface area contributed by atoms with Gasteiger partial charge in [0.1, 0.15) is 23.9 Å². The highest BCUT2D eigenvalue weighted by Crippen LogP contribution is 2.31. The van der Waals surface area contributed by atoms with Crippen molar-refractivity contribution >= 4 is 23.7 Å². The molecule has 2 aliphatic rings. The molecule has 1 aromatic rings. The molecule has 0 spiro atoms. The molecule has 0 unspecified atom stereocenters. The molecule has 8 nitrogen and oxygen atoms in total. The van der Waals surface area contributed by atoms with Crippen molar-refractivity contribution in [1.82, 2.24) is 4.90 Å². The fraction of sp³-hybridized carbons (Fsp3) is 0.444. The van der Waals surface area contributed by atoms with Gasteiger partial charge in [-0.25, -0.2) is 0 Å². The normalized spacial score (nSPS) is 18.0. The summed E-state index contributed by atoms with van der Waals surface area (Å²) >= 11 is 0. The number of nitriles is 1. The fourth-order valence-corrected chi connectivity index (χ4v) is 2.78. The highest BCUT2D eigenvalue weighted by Gasteiger charge is 2.32. The van der Waals surface area contributed by atoms with Gasteiger partial charge in [-0.05, 0) is 24.8 Å². The van der Waals surface area contributed by atoms with Crippen LogP contribution in [0.1, 0.15) is 25.0 Å². The maximum Gasteiger partial charge on any atom is 0.303 e. The highest BCUT2D eigenvalue weighted by atomic mass is 16.4. The molecule has 0 bridgehead atoms. The number of carboxylic acids is 1. The molecular weight excluding hydrogens is 338 g/mol. The van der Waals surface area contributed by atoms with Gasteiger partial charge in [-0.15, -0.1) is 0 Å². The molecule has 0 atom stereocenters. The summed E-state index contributed by atoms with van der Waals surface area (Å²) in [5, 5.41) is 17.9. The van der Waals surface area contributed by atoms with Crippen LogP contribution in [0.15, 0.2) is 28.2 Å². The minimum atomic E-state index is -0.918. The van der Waals surface area contributed by atoms with E-state index in [1.54, 1.807) is 18.2 Å². The number of aliphatic carboxylic acids is 1. The van der Waals surface area contributed by atoms with E-state index in [0.717, 1.165) is 12.8 Å². The van der Waals surface area contributed by atoms with E-state index in [9.17, 15) is 19.6 Å². The number of allylic oxidation sites excluding steroid dienone is 1. The van der Waals surface area contributed by atoms with Crippen LogP contribution >= 0.6 is 0 Å². The average Bonchev–Trinajstić information content (AvgIpc) is 3.32. The number of furan rings is 1. The summed E-state index contributed by atoms with van der Waals surface area (Å²) in [7, 11) is 0. The first-order valence-electron chi connectivity index (χ1n) is 8.50. The van der Waals surface area contributed by atoms with E-state index in [1.165, 1.54) is 9.80 Å². The second-order valence-corrected chi connectivity index (χ2v) is 6.44. The number of nitrogens with zero attached hydrogens (tertiary/aromatic N) is 3. The standard InChI is InChI=1S/C18H19N3O5/c19-10-13(9-12-1-2-12)18(25)20-7-8-21(15(22)11-20)16-5-3-14(26-16)4-6-17(23)24/h3,5,9,12H,1-2,4,6-8,11H2,(H,23,24)/b13-9-. The van der Waals surface area contributed by atoms with Gasteiger partial charge in [-0.3, -0.25) is 19.3 Å². The van der Waals surface area contributed by atoms with Crippen LogP contribution in [0.4, 0.5) is 5.88 Å². The first-order chi connectivity index (χ1) is 12.5. The summed E-state index contributed by atoms with van der Waals surface area (Å²) < 4.78 is 5.54.